The maximum absolute atomic E-state index is 12.1. The van der Waals surface area contributed by atoms with E-state index in [0.717, 1.165) is 10.4 Å². The first-order valence-corrected chi connectivity index (χ1v) is 7.83. The van der Waals surface area contributed by atoms with Gasteiger partial charge >= 0.3 is 0 Å². The van der Waals surface area contributed by atoms with Crippen LogP contribution >= 0.6 is 11.3 Å². The number of carbonyl (C=O) groups is 1. The Morgan fingerprint density at radius 1 is 1.23 bits per heavy atom. The monoisotopic (exact) mass is 313 g/mol. The molecule has 2 aromatic heterocycles. The van der Waals surface area contributed by atoms with E-state index in [1.807, 2.05) is 41.8 Å². The Hall–Kier alpha value is -2.31. The van der Waals surface area contributed by atoms with Gasteiger partial charge < -0.3 is 10.4 Å². The fourth-order valence-electron chi connectivity index (χ4n) is 2.10. The number of thiophene rings is 1. The van der Waals surface area contributed by atoms with Gasteiger partial charge in [0.05, 0.1) is 23.3 Å². The van der Waals surface area contributed by atoms with Crippen molar-refractivity contribution in [2.75, 3.05) is 6.54 Å². The van der Waals surface area contributed by atoms with Gasteiger partial charge in [-0.25, -0.2) is 4.98 Å². The lowest BCUT2D eigenvalue weighted by molar-refractivity contribution is 0.0938. The summed E-state index contributed by atoms with van der Waals surface area (Å²) in [6, 6.07) is 11.2. The molecule has 1 amide bonds. The smallest absolute Gasteiger partial charge is 0.271 e. The molecule has 0 spiro atoms. The second-order valence-electron chi connectivity index (χ2n) is 4.82. The number of aromatic nitrogens is 2. The first-order chi connectivity index (χ1) is 10.7. The van der Waals surface area contributed by atoms with E-state index in [1.165, 1.54) is 17.5 Å². The number of amides is 1. The second kappa shape index (κ2) is 6.64. The van der Waals surface area contributed by atoms with Crippen LogP contribution in [0.3, 0.4) is 0 Å². The van der Waals surface area contributed by atoms with Gasteiger partial charge in [-0.05, 0) is 30.0 Å². The van der Waals surface area contributed by atoms with Crippen molar-refractivity contribution in [1.82, 2.24) is 15.3 Å². The number of rotatable bonds is 5. The molecule has 2 N–H and O–H groups in total. The highest BCUT2D eigenvalue weighted by atomic mass is 32.1. The fourth-order valence-corrected chi connectivity index (χ4v) is 2.85. The van der Waals surface area contributed by atoms with Crippen molar-refractivity contribution in [3.63, 3.8) is 0 Å². The fraction of sp³-hybridized carbons (Fsp3) is 0.188. The van der Waals surface area contributed by atoms with Crippen molar-refractivity contribution in [1.29, 1.82) is 0 Å². The molecule has 5 nitrogen and oxygen atoms in total. The normalized spacial score (nSPS) is 12.2. The third-order valence-electron chi connectivity index (χ3n) is 3.26. The van der Waals surface area contributed by atoms with Gasteiger partial charge in [-0.15, -0.1) is 11.3 Å². The molecule has 0 aliphatic carbocycles. The van der Waals surface area contributed by atoms with E-state index in [9.17, 15) is 9.90 Å². The maximum Gasteiger partial charge on any atom is 0.271 e. The number of carbonyl (C=O) groups excluding carboxylic acids is 1. The van der Waals surface area contributed by atoms with E-state index in [2.05, 4.69) is 15.3 Å². The summed E-state index contributed by atoms with van der Waals surface area (Å²) in [5.41, 5.74) is 1.73. The molecule has 3 aromatic rings. The van der Waals surface area contributed by atoms with Gasteiger partial charge in [0.2, 0.25) is 0 Å². The molecule has 0 radical (unpaired) electrons. The van der Waals surface area contributed by atoms with Crippen LogP contribution in [0.15, 0.2) is 48.0 Å². The van der Waals surface area contributed by atoms with Crippen molar-refractivity contribution in [2.24, 2.45) is 0 Å². The number of fused-ring (bicyclic) bond motifs is 1. The lowest BCUT2D eigenvalue weighted by atomic mass is 10.2. The Morgan fingerprint density at radius 3 is 2.82 bits per heavy atom. The van der Waals surface area contributed by atoms with Crippen LogP contribution in [0.1, 0.15) is 27.9 Å². The number of nitrogens with one attached hydrogen (secondary N) is 1. The highest BCUT2D eigenvalue weighted by Gasteiger charge is 2.11. The summed E-state index contributed by atoms with van der Waals surface area (Å²) in [5.74, 6) is -0.281. The zero-order chi connectivity index (χ0) is 15.4. The van der Waals surface area contributed by atoms with Crippen LogP contribution in [0.2, 0.25) is 0 Å². The molecule has 2 heterocycles. The zero-order valence-corrected chi connectivity index (χ0v) is 12.6. The summed E-state index contributed by atoms with van der Waals surface area (Å²) < 4.78 is 0. The third-order valence-corrected chi connectivity index (χ3v) is 4.23. The van der Waals surface area contributed by atoms with E-state index in [1.54, 1.807) is 0 Å². The van der Waals surface area contributed by atoms with E-state index < -0.39 is 6.10 Å². The Kier molecular flexibility index (Phi) is 4.41. The Balaban J connectivity index is 1.59. The molecule has 0 bridgehead atoms. The lowest BCUT2D eigenvalue weighted by Gasteiger charge is -2.09. The quantitative estimate of drug-likeness (QED) is 0.759. The van der Waals surface area contributed by atoms with Crippen LogP contribution in [-0.2, 0) is 0 Å². The van der Waals surface area contributed by atoms with Gasteiger partial charge in [0.1, 0.15) is 5.69 Å². The van der Waals surface area contributed by atoms with Crippen molar-refractivity contribution in [3.8, 4) is 0 Å². The van der Waals surface area contributed by atoms with E-state index in [0.29, 0.717) is 18.5 Å². The molecule has 0 aliphatic heterocycles. The van der Waals surface area contributed by atoms with E-state index in [-0.39, 0.29) is 11.6 Å². The number of benzene rings is 1. The molecule has 22 heavy (non-hydrogen) atoms. The summed E-state index contributed by atoms with van der Waals surface area (Å²) in [6.07, 6.45) is 1.38. The van der Waals surface area contributed by atoms with Crippen molar-refractivity contribution in [3.05, 3.63) is 58.5 Å². The van der Waals surface area contributed by atoms with Crippen molar-refractivity contribution in [2.45, 2.75) is 12.5 Å². The molecule has 3 rings (SSSR count). The highest BCUT2D eigenvalue weighted by molar-refractivity contribution is 7.10. The standard InChI is InChI=1S/C16H15N3O2S/c20-14(15-6-3-9-22-15)7-8-17-16(21)13-10-18-11-4-1-2-5-12(11)19-13/h1-6,9-10,14,20H,7-8H2,(H,17,21). The van der Waals surface area contributed by atoms with Crippen LogP contribution in [0.25, 0.3) is 11.0 Å². The molecule has 1 aromatic carbocycles. The molecule has 0 saturated heterocycles. The van der Waals surface area contributed by atoms with Crippen LogP contribution in [-0.4, -0.2) is 27.5 Å². The summed E-state index contributed by atoms with van der Waals surface area (Å²) in [6.45, 7) is 0.381. The van der Waals surface area contributed by atoms with Gasteiger partial charge in [0, 0.05) is 11.4 Å². The van der Waals surface area contributed by atoms with Crippen LogP contribution < -0.4 is 5.32 Å². The average molecular weight is 313 g/mol. The van der Waals surface area contributed by atoms with E-state index in [4.69, 9.17) is 0 Å². The van der Waals surface area contributed by atoms with Gasteiger partial charge in [-0.3, -0.25) is 9.78 Å². The largest absolute Gasteiger partial charge is 0.388 e. The summed E-state index contributed by atoms with van der Waals surface area (Å²) in [4.78, 5) is 21.5. The summed E-state index contributed by atoms with van der Waals surface area (Å²) in [7, 11) is 0. The number of hydrogen-bond donors (Lipinski definition) is 2. The number of nitrogens with zero attached hydrogens (tertiary/aromatic N) is 2. The topological polar surface area (TPSA) is 75.1 Å². The van der Waals surface area contributed by atoms with Crippen LogP contribution in [0.4, 0.5) is 0 Å². The SMILES string of the molecule is O=C(NCCC(O)c1cccs1)c1cnc2ccccc2n1. The Morgan fingerprint density at radius 2 is 2.05 bits per heavy atom. The number of hydrogen-bond acceptors (Lipinski definition) is 5. The first kappa shape index (κ1) is 14.6. The molecule has 1 atom stereocenters. The number of aliphatic hydroxyl groups is 1. The zero-order valence-electron chi connectivity index (χ0n) is 11.8. The molecular formula is C16H15N3O2S. The average Bonchev–Trinajstić information content (AvgIpc) is 3.08. The molecule has 112 valence electrons. The number of aliphatic hydroxyl groups excluding tert-OH is 1. The van der Waals surface area contributed by atoms with Crippen LogP contribution in [0.5, 0.6) is 0 Å². The molecule has 0 fully saturated rings. The Labute approximate surface area is 131 Å². The first-order valence-electron chi connectivity index (χ1n) is 6.95. The number of para-hydroxylation sites is 2. The predicted molar refractivity (Wildman–Crippen MR) is 85.8 cm³/mol. The minimum Gasteiger partial charge on any atom is -0.388 e. The summed E-state index contributed by atoms with van der Waals surface area (Å²) in [5, 5.41) is 14.6. The summed E-state index contributed by atoms with van der Waals surface area (Å²) >= 11 is 1.50. The predicted octanol–water partition coefficient (Wildman–Crippen LogP) is 2.54. The van der Waals surface area contributed by atoms with E-state index >= 15 is 0 Å². The third kappa shape index (κ3) is 3.29. The molecule has 0 aliphatic rings. The molecule has 1 unspecified atom stereocenters. The minimum absolute atomic E-state index is 0.281. The van der Waals surface area contributed by atoms with Gasteiger partial charge in [0.25, 0.3) is 5.91 Å². The molecule has 6 heteroatoms. The van der Waals surface area contributed by atoms with Crippen LogP contribution in [0, 0.1) is 0 Å². The lowest BCUT2D eigenvalue weighted by Crippen LogP contribution is -2.26. The molecule has 0 saturated carbocycles. The van der Waals surface area contributed by atoms with Crippen molar-refractivity contribution >= 4 is 28.3 Å². The van der Waals surface area contributed by atoms with Gasteiger partial charge in [-0.1, -0.05) is 18.2 Å². The minimum atomic E-state index is -0.553. The Bertz CT molecular complexity index is 774. The highest BCUT2D eigenvalue weighted by Crippen LogP contribution is 2.20. The van der Waals surface area contributed by atoms with Gasteiger partial charge in [0.15, 0.2) is 0 Å². The molecular weight excluding hydrogens is 298 g/mol. The maximum atomic E-state index is 12.1. The van der Waals surface area contributed by atoms with Crippen molar-refractivity contribution < 1.29 is 9.90 Å². The second-order valence-corrected chi connectivity index (χ2v) is 5.80. The van der Waals surface area contributed by atoms with Gasteiger partial charge in [-0.2, -0.15) is 0 Å².